The Labute approximate surface area is 82.8 Å². The van der Waals surface area contributed by atoms with Gasteiger partial charge >= 0.3 is 0 Å². The highest BCUT2D eigenvalue weighted by Crippen LogP contribution is 2.17. The number of hydrogen-bond donors (Lipinski definition) is 1. The van der Waals surface area contributed by atoms with Gasteiger partial charge in [-0.05, 0) is 13.3 Å². The van der Waals surface area contributed by atoms with Gasteiger partial charge in [0.05, 0.1) is 5.60 Å². The first-order chi connectivity index (χ1) is 6.18. The third kappa shape index (κ3) is 6.05. The molecular weight excluding hydrogens is 162 g/mol. The lowest BCUT2D eigenvalue weighted by Crippen LogP contribution is -2.36. The SMILES string of the molecule is CCCCCCCC(C)(CN)OC. The van der Waals surface area contributed by atoms with Crippen LogP contribution in [0, 0.1) is 0 Å². The van der Waals surface area contributed by atoms with E-state index in [0.717, 1.165) is 6.42 Å². The van der Waals surface area contributed by atoms with Crippen molar-refractivity contribution in [3.63, 3.8) is 0 Å². The van der Waals surface area contributed by atoms with Gasteiger partial charge in [-0.15, -0.1) is 0 Å². The van der Waals surface area contributed by atoms with Crippen molar-refractivity contribution < 1.29 is 4.74 Å². The summed E-state index contributed by atoms with van der Waals surface area (Å²) < 4.78 is 5.37. The predicted molar refractivity (Wildman–Crippen MR) is 57.8 cm³/mol. The van der Waals surface area contributed by atoms with E-state index >= 15 is 0 Å². The molecule has 0 aromatic rings. The highest BCUT2D eigenvalue weighted by molar-refractivity contribution is 4.75. The molecule has 0 bridgehead atoms. The normalized spacial score (nSPS) is 15.7. The molecule has 1 unspecified atom stereocenters. The third-order valence-corrected chi connectivity index (χ3v) is 2.73. The molecule has 0 heterocycles. The van der Waals surface area contributed by atoms with Gasteiger partial charge in [-0.1, -0.05) is 39.0 Å². The van der Waals surface area contributed by atoms with Gasteiger partial charge in [0.25, 0.3) is 0 Å². The van der Waals surface area contributed by atoms with E-state index in [4.69, 9.17) is 10.5 Å². The van der Waals surface area contributed by atoms with Crippen LogP contribution in [0.15, 0.2) is 0 Å². The Balaban J connectivity index is 3.39. The molecule has 2 heteroatoms. The van der Waals surface area contributed by atoms with Crippen LogP contribution >= 0.6 is 0 Å². The van der Waals surface area contributed by atoms with Gasteiger partial charge in [-0.25, -0.2) is 0 Å². The molecule has 80 valence electrons. The highest BCUT2D eigenvalue weighted by atomic mass is 16.5. The number of rotatable bonds is 8. The van der Waals surface area contributed by atoms with E-state index in [1.807, 2.05) is 0 Å². The van der Waals surface area contributed by atoms with Crippen LogP contribution in [0.1, 0.15) is 52.4 Å². The molecule has 0 aliphatic carbocycles. The first-order valence-corrected chi connectivity index (χ1v) is 5.43. The van der Waals surface area contributed by atoms with Crippen LogP contribution in [0.3, 0.4) is 0 Å². The third-order valence-electron chi connectivity index (χ3n) is 2.73. The lowest BCUT2D eigenvalue weighted by molar-refractivity contribution is 0.00473. The van der Waals surface area contributed by atoms with E-state index in [9.17, 15) is 0 Å². The van der Waals surface area contributed by atoms with Crippen molar-refractivity contribution >= 4 is 0 Å². The van der Waals surface area contributed by atoms with E-state index in [-0.39, 0.29) is 5.60 Å². The molecule has 2 nitrogen and oxygen atoms in total. The molecule has 0 aromatic carbocycles. The zero-order valence-corrected chi connectivity index (χ0v) is 9.44. The van der Waals surface area contributed by atoms with Gasteiger partial charge in [0.1, 0.15) is 0 Å². The highest BCUT2D eigenvalue weighted by Gasteiger charge is 2.20. The molecular formula is C11H25NO. The van der Waals surface area contributed by atoms with Crippen molar-refractivity contribution in [1.82, 2.24) is 0 Å². The lowest BCUT2D eigenvalue weighted by atomic mass is 9.98. The maximum atomic E-state index is 5.63. The minimum absolute atomic E-state index is 0.0911. The Morgan fingerprint density at radius 3 is 2.23 bits per heavy atom. The summed E-state index contributed by atoms with van der Waals surface area (Å²) in [5.74, 6) is 0. The van der Waals surface area contributed by atoms with Crippen molar-refractivity contribution in [2.75, 3.05) is 13.7 Å². The molecule has 2 N–H and O–H groups in total. The Kier molecular flexibility index (Phi) is 7.29. The molecule has 0 aliphatic rings. The molecule has 13 heavy (non-hydrogen) atoms. The fourth-order valence-electron chi connectivity index (χ4n) is 1.39. The lowest BCUT2D eigenvalue weighted by Gasteiger charge is -2.26. The molecule has 1 atom stereocenters. The minimum atomic E-state index is -0.0911. The van der Waals surface area contributed by atoms with E-state index in [1.165, 1.54) is 32.1 Å². The Morgan fingerprint density at radius 1 is 1.15 bits per heavy atom. The second-order valence-electron chi connectivity index (χ2n) is 4.02. The summed E-state index contributed by atoms with van der Waals surface area (Å²) in [6.07, 6.45) is 7.64. The van der Waals surface area contributed by atoms with Crippen LogP contribution in [0.2, 0.25) is 0 Å². The molecule has 0 aromatic heterocycles. The van der Waals surface area contributed by atoms with Crippen LogP contribution in [0.5, 0.6) is 0 Å². The van der Waals surface area contributed by atoms with Crippen molar-refractivity contribution in [3.05, 3.63) is 0 Å². The standard InChI is InChI=1S/C11H25NO/c1-4-5-6-7-8-9-11(2,10-12)13-3/h4-10,12H2,1-3H3. The molecule has 0 radical (unpaired) electrons. The zero-order chi connectivity index (χ0) is 10.2. The summed E-state index contributed by atoms with van der Waals surface area (Å²) in [7, 11) is 1.75. The summed E-state index contributed by atoms with van der Waals surface area (Å²) in [6.45, 7) is 4.95. The fourth-order valence-corrected chi connectivity index (χ4v) is 1.39. The van der Waals surface area contributed by atoms with E-state index in [2.05, 4.69) is 13.8 Å². The molecule has 0 rings (SSSR count). The van der Waals surface area contributed by atoms with Crippen LogP contribution in [0.4, 0.5) is 0 Å². The molecule has 0 aliphatic heterocycles. The smallest absolute Gasteiger partial charge is 0.0772 e. The quantitative estimate of drug-likeness (QED) is 0.593. The topological polar surface area (TPSA) is 35.2 Å². The Morgan fingerprint density at radius 2 is 1.77 bits per heavy atom. The van der Waals surface area contributed by atoms with Gasteiger partial charge in [0.2, 0.25) is 0 Å². The second-order valence-corrected chi connectivity index (χ2v) is 4.02. The average Bonchev–Trinajstić information content (AvgIpc) is 2.17. The Hall–Kier alpha value is -0.0800. The van der Waals surface area contributed by atoms with E-state index < -0.39 is 0 Å². The van der Waals surface area contributed by atoms with Crippen molar-refractivity contribution in [2.45, 2.75) is 58.0 Å². The summed E-state index contributed by atoms with van der Waals surface area (Å²) in [5, 5.41) is 0. The summed E-state index contributed by atoms with van der Waals surface area (Å²) in [6, 6.07) is 0. The summed E-state index contributed by atoms with van der Waals surface area (Å²) in [5.41, 5.74) is 5.54. The summed E-state index contributed by atoms with van der Waals surface area (Å²) in [4.78, 5) is 0. The maximum Gasteiger partial charge on any atom is 0.0772 e. The fraction of sp³-hybridized carbons (Fsp3) is 1.00. The average molecular weight is 187 g/mol. The van der Waals surface area contributed by atoms with Crippen LogP contribution in [0.25, 0.3) is 0 Å². The first kappa shape index (κ1) is 12.9. The van der Waals surface area contributed by atoms with Crippen molar-refractivity contribution in [3.8, 4) is 0 Å². The molecule has 0 spiro atoms. The maximum absolute atomic E-state index is 5.63. The van der Waals surface area contributed by atoms with Crippen LogP contribution in [-0.4, -0.2) is 19.3 Å². The molecule has 0 fully saturated rings. The largest absolute Gasteiger partial charge is 0.377 e. The van der Waals surface area contributed by atoms with E-state index in [1.54, 1.807) is 7.11 Å². The first-order valence-electron chi connectivity index (χ1n) is 5.43. The van der Waals surface area contributed by atoms with Gasteiger partial charge in [-0.3, -0.25) is 0 Å². The zero-order valence-electron chi connectivity index (χ0n) is 9.44. The number of ether oxygens (including phenoxy) is 1. The minimum Gasteiger partial charge on any atom is -0.377 e. The molecule has 0 saturated heterocycles. The number of hydrogen-bond acceptors (Lipinski definition) is 2. The van der Waals surface area contributed by atoms with Gasteiger partial charge in [-0.2, -0.15) is 0 Å². The molecule has 0 amide bonds. The predicted octanol–water partition coefficient (Wildman–Crippen LogP) is 2.71. The number of unbranched alkanes of at least 4 members (excludes halogenated alkanes) is 4. The number of methoxy groups -OCH3 is 1. The van der Waals surface area contributed by atoms with Gasteiger partial charge in [0, 0.05) is 13.7 Å². The monoisotopic (exact) mass is 187 g/mol. The van der Waals surface area contributed by atoms with E-state index in [0.29, 0.717) is 6.54 Å². The van der Waals surface area contributed by atoms with Gasteiger partial charge in [0.15, 0.2) is 0 Å². The molecule has 0 saturated carbocycles. The second kappa shape index (κ2) is 7.34. The van der Waals surface area contributed by atoms with Crippen molar-refractivity contribution in [2.24, 2.45) is 5.73 Å². The van der Waals surface area contributed by atoms with Crippen LogP contribution in [-0.2, 0) is 4.74 Å². The van der Waals surface area contributed by atoms with Crippen molar-refractivity contribution in [1.29, 1.82) is 0 Å². The van der Waals surface area contributed by atoms with Gasteiger partial charge < -0.3 is 10.5 Å². The number of nitrogens with two attached hydrogens (primary N) is 1. The summed E-state index contributed by atoms with van der Waals surface area (Å²) >= 11 is 0. The Bertz CT molecular complexity index is 111. The van der Waals surface area contributed by atoms with Crippen LogP contribution < -0.4 is 5.73 Å².